The highest BCUT2D eigenvalue weighted by Crippen LogP contribution is 2.34. The number of likely N-dealkylation sites (N-methyl/N-ethyl adjacent to an activating group) is 1. The molecular formula is C99H85ClN10O11S3. The topological polar surface area (TPSA) is 286 Å². The summed E-state index contributed by atoms with van der Waals surface area (Å²) in [5, 5.41) is 20.7. The maximum absolute atomic E-state index is 12.6. The highest BCUT2D eigenvalue weighted by atomic mass is 35.5. The Morgan fingerprint density at radius 3 is 1.28 bits per heavy atom. The van der Waals surface area contributed by atoms with Crippen molar-refractivity contribution in [3.05, 3.63) is 393 Å². The number of carbonyl (C=O) groups excluding carboxylic acids is 3. The second-order valence-corrected chi connectivity index (χ2v) is 34.3. The number of sulfonamides is 3. The van der Waals surface area contributed by atoms with E-state index < -0.39 is 36.2 Å². The molecule has 0 spiro atoms. The average molecular weight is 1720 g/mol. The first-order valence-corrected chi connectivity index (χ1v) is 44.4. The van der Waals surface area contributed by atoms with E-state index in [1.165, 1.54) is 6.07 Å². The Kier molecular flexibility index (Phi) is 28.1. The van der Waals surface area contributed by atoms with Crippen LogP contribution in [-0.4, -0.2) is 102 Å². The molecule has 2 aliphatic rings. The maximum atomic E-state index is 12.6. The van der Waals surface area contributed by atoms with Crippen molar-refractivity contribution in [2.75, 3.05) is 63.5 Å². The van der Waals surface area contributed by atoms with Gasteiger partial charge in [-0.1, -0.05) is 242 Å². The molecule has 6 N–H and O–H groups in total. The van der Waals surface area contributed by atoms with Gasteiger partial charge < -0.3 is 30.3 Å². The molecule has 1 saturated heterocycles. The summed E-state index contributed by atoms with van der Waals surface area (Å²) in [5.74, 6) is 0.511. The molecule has 0 saturated carbocycles. The molecule has 0 aliphatic carbocycles. The van der Waals surface area contributed by atoms with Crippen LogP contribution in [0.2, 0.25) is 5.02 Å². The molecule has 14 aromatic carbocycles. The maximum Gasteiger partial charge on any atom is 0.263 e. The number of rotatable bonds is 15. The molecule has 2 aliphatic heterocycles. The van der Waals surface area contributed by atoms with Crippen LogP contribution in [0.25, 0.3) is 64.6 Å². The van der Waals surface area contributed by atoms with Crippen LogP contribution in [0.1, 0.15) is 21.5 Å². The van der Waals surface area contributed by atoms with Crippen molar-refractivity contribution in [2.24, 2.45) is 5.92 Å². The smallest absolute Gasteiger partial charge is 0.263 e. The van der Waals surface area contributed by atoms with Crippen LogP contribution >= 0.6 is 11.6 Å². The van der Waals surface area contributed by atoms with Crippen LogP contribution in [-0.2, 0) is 50.8 Å². The third kappa shape index (κ3) is 22.1. The number of nitrogens with one attached hydrogen (secondary N) is 6. The average Bonchev–Trinajstić information content (AvgIpc) is 0.724. The number of aryl methyl sites for hydroxylation is 1. The van der Waals surface area contributed by atoms with Crippen molar-refractivity contribution in [1.29, 1.82) is 0 Å². The summed E-state index contributed by atoms with van der Waals surface area (Å²) in [6.07, 6.45) is 10.7. The van der Waals surface area contributed by atoms with Gasteiger partial charge in [0, 0.05) is 121 Å². The van der Waals surface area contributed by atoms with E-state index in [4.69, 9.17) is 21.1 Å². The van der Waals surface area contributed by atoms with Crippen LogP contribution in [0.15, 0.2) is 386 Å². The Morgan fingerprint density at radius 1 is 0.387 bits per heavy atom. The summed E-state index contributed by atoms with van der Waals surface area (Å²) in [4.78, 5) is 51.9. The van der Waals surface area contributed by atoms with Gasteiger partial charge in [0.2, 0.25) is 5.91 Å². The predicted octanol–water partition coefficient (Wildman–Crippen LogP) is 20.3. The van der Waals surface area contributed by atoms with Crippen LogP contribution in [0, 0.1) is 12.8 Å². The lowest BCUT2D eigenvalue weighted by atomic mass is 9.96. The largest absolute Gasteiger partial charge is 0.492 e. The summed E-state index contributed by atoms with van der Waals surface area (Å²) in [6.45, 7) is 4.45. The molecule has 622 valence electrons. The number of morpholine rings is 1. The van der Waals surface area contributed by atoms with Gasteiger partial charge in [-0.25, -0.2) is 25.3 Å². The number of anilines is 6. The Morgan fingerprint density at radius 2 is 0.774 bits per heavy atom. The van der Waals surface area contributed by atoms with E-state index in [0.717, 1.165) is 105 Å². The number of halogens is 1. The summed E-state index contributed by atoms with van der Waals surface area (Å²) < 4.78 is 93.6. The normalized spacial score (nSPS) is 13.6. The molecule has 5 heterocycles. The number of hydrogen-bond donors (Lipinski definition) is 6. The standard InChI is InChI=1S/C19H16N2O2.C17H15NO2S.C16H12ClNO2S.C16H18N2O2.C16H12N2O.C15H12N2O2S/c22-19(15-10-13-4-1-2-7-18(13)23-12-15)21-17-6-3-5-14-11-20-9-8-16(14)17;1-13-9-11-15(12-10-13)21(19,20)18-17-8-4-6-14-5-2-3-7-16(14)17;17-14-9-3-4-11-16(14)21(19,20)18-15-10-5-7-12-6-1-2-8-13(12)15;1-18-9-10-20-15(11-18)16(19)17-14-8-4-6-12-5-2-3-7-13(12)14;19-16(12-5-2-1-3-6-12)18-15-8-4-7-13-11-17-10-9-14(13)15;18-20(19,13-6-2-1-3-7-13)17-15-8-4-5-12-11-16-10-9-14(12)15/h1-9,11,15H,10,12H2,(H,21,22);2-12,18H,1H3;1-11,18H;2-8,15H,9-11H2,1H3,(H,17,19);1-11H,(H,18,19);1-11,17H. The molecule has 17 aromatic rings. The zero-order valence-electron chi connectivity index (χ0n) is 67.3. The lowest BCUT2D eigenvalue weighted by Crippen LogP contribution is -2.46. The molecule has 0 radical (unpaired) electrons. The number of fused-ring (bicyclic) bond motifs is 7. The first kappa shape index (κ1) is 86.2. The van der Waals surface area contributed by atoms with E-state index in [2.05, 4.69) is 50.0 Å². The number of nitrogens with zero attached hydrogens (tertiary/aromatic N) is 4. The second-order valence-electron chi connectivity index (χ2n) is 28.9. The fourth-order valence-electron chi connectivity index (χ4n) is 13.9. The van der Waals surface area contributed by atoms with E-state index in [-0.39, 0.29) is 43.3 Å². The molecule has 25 heteroatoms. The minimum atomic E-state index is -3.72. The number of para-hydroxylation sites is 1. The predicted molar refractivity (Wildman–Crippen MR) is 497 cm³/mol. The van der Waals surface area contributed by atoms with Crippen LogP contribution < -0.4 is 34.9 Å². The molecule has 2 atom stereocenters. The molecule has 3 amide bonds. The van der Waals surface area contributed by atoms with E-state index in [0.29, 0.717) is 48.8 Å². The number of aromatic nitrogens is 3. The lowest BCUT2D eigenvalue weighted by molar-refractivity contribution is -0.132. The Balaban J connectivity index is 0.000000121. The minimum absolute atomic E-state index is 0.0104. The number of ether oxygens (including phenoxy) is 2. The summed E-state index contributed by atoms with van der Waals surface area (Å²) in [6, 6.07) is 101. The monoisotopic (exact) mass is 1720 g/mol. The first-order valence-electron chi connectivity index (χ1n) is 39.6. The van der Waals surface area contributed by atoms with Gasteiger partial charge >= 0.3 is 0 Å². The third-order valence-electron chi connectivity index (χ3n) is 20.3. The van der Waals surface area contributed by atoms with E-state index in [1.54, 1.807) is 152 Å². The van der Waals surface area contributed by atoms with Gasteiger partial charge in [-0.05, 0) is 151 Å². The van der Waals surface area contributed by atoms with Crippen molar-refractivity contribution in [2.45, 2.75) is 34.1 Å². The molecule has 0 bridgehead atoms. The van der Waals surface area contributed by atoms with E-state index in [9.17, 15) is 39.6 Å². The zero-order valence-corrected chi connectivity index (χ0v) is 70.5. The van der Waals surface area contributed by atoms with Gasteiger partial charge in [-0.3, -0.25) is 43.5 Å². The van der Waals surface area contributed by atoms with Crippen molar-refractivity contribution < 1.29 is 49.1 Å². The lowest BCUT2D eigenvalue weighted by Gasteiger charge is -2.29. The van der Waals surface area contributed by atoms with Crippen molar-refractivity contribution >= 4 is 158 Å². The molecule has 2 unspecified atom stereocenters. The van der Waals surface area contributed by atoms with Gasteiger partial charge in [-0.15, -0.1) is 0 Å². The SMILES string of the molecule is CN1CCOC(C(=O)Nc2cccc3ccccc23)C1.Cc1ccc(S(=O)(=O)Nc2cccc3ccccc23)cc1.O=C(Nc1cccc2cnccc12)C1COc2ccccc2C1.O=C(Nc1cccc2cnccc12)c1ccccc1.O=S(=O)(Nc1cccc2ccccc12)c1ccccc1Cl.O=S(=O)(Nc1cccc2cnccc12)c1ccccc1. The minimum Gasteiger partial charge on any atom is -0.492 e. The van der Waals surface area contributed by atoms with Crippen molar-refractivity contribution in [1.82, 2.24) is 19.9 Å². The van der Waals surface area contributed by atoms with Gasteiger partial charge in [0.1, 0.15) is 23.4 Å². The number of carbonyl (C=O) groups is 3. The van der Waals surface area contributed by atoms with Gasteiger partial charge in [0.05, 0.1) is 44.4 Å². The van der Waals surface area contributed by atoms with Crippen molar-refractivity contribution in [3.63, 3.8) is 0 Å². The first-order chi connectivity index (χ1) is 60.2. The molecule has 124 heavy (non-hydrogen) atoms. The van der Waals surface area contributed by atoms with Crippen LogP contribution in [0.5, 0.6) is 5.75 Å². The van der Waals surface area contributed by atoms with Crippen LogP contribution in [0.3, 0.4) is 0 Å². The number of amides is 3. The summed E-state index contributed by atoms with van der Waals surface area (Å²) >= 11 is 5.97. The fraction of sp³-hybridized carbons (Fsp3) is 0.0909. The van der Waals surface area contributed by atoms with E-state index >= 15 is 0 Å². The van der Waals surface area contributed by atoms with E-state index in [1.807, 2.05) is 226 Å². The zero-order chi connectivity index (χ0) is 86.4. The number of hydrogen-bond acceptors (Lipinski definition) is 15. The quantitative estimate of drug-likeness (QED) is 0.0556. The fourth-order valence-corrected chi connectivity index (χ4v) is 17.7. The van der Waals surface area contributed by atoms with Gasteiger partial charge in [0.15, 0.2) is 0 Å². The molecule has 21 nitrogen and oxygen atoms in total. The molecule has 19 rings (SSSR count). The molecular weight excluding hydrogens is 1640 g/mol. The highest BCUT2D eigenvalue weighted by Gasteiger charge is 2.28. The molecule has 3 aromatic heterocycles. The molecule has 1 fully saturated rings. The highest BCUT2D eigenvalue weighted by molar-refractivity contribution is 7.93. The van der Waals surface area contributed by atoms with Gasteiger partial charge in [0.25, 0.3) is 41.9 Å². The Labute approximate surface area is 724 Å². The van der Waals surface area contributed by atoms with Gasteiger partial charge in [-0.2, -0.15) is 0 Å². The Hall–Kier alpha value is -14.2. The second kappa shape index (κ2) is 40.4. The summed E-state index contributed by atoms with van der Waals surface area (Å²) in [5.41, 5.74) is 6.89. The van der Waals surface area contributed by atoms with Crippen molar-refractivity contribution in [3.8, 4) is 5.75 Å². The third-order valence-corrected chi connectivity index (χ3v) is 24.9. The number of benzene rings is 14. The Bertz CT molecular complexity index is 7000. The van der Waals surface area contributed by atoms with Crippen LogP contribution in [0.4, 0.5) is 34.1 Å². The number of pyridine rings is 3. The summed E-state index contributed by atoms with van der Waals surface area (Å²) in [7, 11) is -8.86.